The molecule has 1 rings (SSSR count). The van der Waals surface area contributed by atoms with E-state index in [1.807, 2.05) is 20.9 Å². The van der Waals surface area contributed by atoms with Crippen molar-refractivity contribution in [2.75, 3.05) is 24.2 Å². The summed E-state index contributed by atoms with van der Waals surface area (Å²) in [4.78, 5) is 13.9. The maximum atomic E-state index is 11.4. The van der Waals surface area contributed by atoms with Gasteiger partial charge in [0, 0.05) is 13.6 Å². The zero-order chi connectivity index (χ0) is 15.4. The Kier molecular flexibility index (Phi) is 5.68. The molecule has 0 aliphatic rings. The molecule has 0 unspecified atom stereocenters. The number of hydrogen-bond donors (Lipinski definition) is 2. The van der Waals surface area contributed by atoms with E-state index in [2.05, 4.69) is 18.7 Å². The third kappa shape index (κ3) is 4.03. The fourth-order valence-corrected chi connectivity index (χ4v) is 2.75. The summed E-state index contributed by atoms with van der Waals surface area (Å²) in [6.45, 7) is 9.09. The quantitative estimate of drug-likeness (QED) is 0.811. The third-order valence-electron chi connectivity index (χ3n) is 2.85. The summed E-state index contributed by atoms with van der Waals surface area (Å²) in [5.41, 5.74) is 11.7. The van der Waals surface area contributed by atoms with Gasteiger partial charge in [-0.3, -0.25) is 4.79 Å². The van der Waals surface area contributed by atoms with Gasteiger partial charge in [-0.05, 0) is 26.2 Å². The van der Waals surface area contributed by atoms with Crippen molar-refractivity contribution in [3.05, 3.63) is 4.88 Å². The molecule has 0 saturated heterocycles. The Morgan fingerprint density at radius 2 is 1.95 bits per heavy atom. The molecule has 0 bridgehead atoms. The number of nitrogen functional groups attached to an aromatic ring is 1. The van der Waals surface area contributed by atoms with E-state index < -0.39 is 5.91 Å². The minimum atomic E-state index is -0.510. The summed E-state index contributed by atoms with van der Waals surface area (Å²) in [5.74, 6) is 0.675. The first-order valence-electron chi connectivity index (χ1n) is 6.83. The normalized spacial score (nSPS) is 11.2. The third-order valence-corrected chi connectivity index (χ3v) is 4.16. The number of anilines is 2. The highest BCUT2D eigenvalue weighted by Gasteiger charge is 2.23. The van der Waals surface area contributed by atoms with Gasteiger partial charge in [-0.1, -0.05) is 13.8 Å². The van der Waals surface area contributed by atoms with E-state index in [-0.39, 0.29) is 6.10 Å². The van der Waals surface area contributed by atoms with Gasteiger partial charge in [-0.25, -0.2) is 0 Å². The molecule has 0 atom stereocenters. The van der Waals surface area contributed by atoms with Crippen LogP contribution in [0.4, 0.5) is 10.7 Å². The zero-order valence-electron chi connectivity index (χ0n) is 12.9. The van der Waals surface area contributed by atoms with Crippen LogP contribution in [-0.4, -0.2) is 25.6 Å². The molecule has 6 heteroatoms. The Labute approximate surface area is 124 Å². The molecular formula is C14H25N3O2S. The second kappa shape index (κ2) is 6.83. The van der Waals surface area contributed by atoms with Crippen LogP contribution in [0.5, 0.6) is 5.75 Å². The first-order valence-corrected chi connectivity index (χ1v) is 7.65. The van der Waals surface area contributed by atoms with E-state index in [9.17, 15) is 4.79 Å². The standard InChI is InChI=1S/C14H25N3O2S/c1-8(2)6-7-17(5)14-11(19-9(3)4)10(15)12(20-14)13(16)18/h8-9H,6-7,15H2,1-5H3,(H2,16,18). The van der Waals surface area contributed by atoms with E-state index in [0.29, 0.717) is 22.2 Å². The van der Waals surface area contributed by atoms with Gasteiger partial charge in [0.25, 0.3) is 5.91 Å². The maximum absolute atomic E-state index is 11.4. The van der Waals surface area contributed by atoms with Crippen molar-refractivity contribution in [1.82, 2.24) is 0 Å². The number of carbonyl (C=O) groups is 1. The molecule has 20 heavy (non-hydrogen) atoms. The van der Waals surface area contributed by atoms with E-state index >= 15 is 0 Å². The lowest BCUT2D eigenvalue weighted by Crippen LogP contribution is -2.20. The number of nitrogens with zero attached hydrogens (tertiary/aromatic N) is 1. The first-order chi connectivity index (χ1) is 9.23. The van der Waals surface area contributed by atoms with Gasteiger partial charge < -0.3 is 21.1 Å². The lowest BCUT2D eigenvalue weighted by atomic mass is 10.1. The number of ether oxygens (including phenoxy) is 1. The van der Waals surface area contributed by atoms with E-state index in [4.69, 9.17) is 16.2 Å². The smallest absolute Gasteiger partial charge is 0.261 e. The highest BCUT2D eigenvalue weighted by atomic mass is 32.1. The Morgan fingerprint density at radius 1 is 1.35 bits per heavy atom. The number of nitrogens with two attached hydrogens (primary N) is 2. The summed E-state index contributed by atoms with van der Waals surface area (Å²) < 4.78 is 5.77. The molecule has 1 aromatic rings. The van der Waals surface area contributed by atoms with E-state index in [0.717, 1.165) is 18.0 Å². The van der Waals surface area contributed by atoms with Gasteiger partial charge in [0.1, 0.15) is 15.6 Å². The molecule has 1 amide bonds. The largest absolute Gasteiger partial charge is 0.486 e. The number of thiophene rings is 1. The van der Waals surface area contributed by atoms with Crippen LogP contribution in [0, 0.1) is 5.92 Å². The van der Waals surface area contributed by atoms with Gasteiger partial charge in [0.05, 0.1) is 6.10 Å². The number of primary amides is 1. The molecule has 0 aliphatic heterocycles. The molecule has 114 valence electrons. The zero-order valence-corrected chi connectivity index (χ0v) is 13.7. The van der Waals surface area contributed by atoms with Crippen LogP contribution < -0.4 is 21.1 Å². The molecular weight excluding hydrogens is 274 g/mol. The van der Waals surface area contributed by atoms with Crippen LogP contribution in [0.15, 0.2) is 0 Å². The van der Waals surface area contributed by atoms with Crippen LogP contribution in [0.3, 0.4) is 0 Å². The van der Waals surface area contributed by atoms with Crippen molar-refractivity contribution in [3.8, 4) is 5.75 Å². The maximum Gasteiger partial charge on any atom is 0.261 e. The lowest BCUT2D eigenvalue weighted by Gasteiger charge is -2.21. The van der Waals surface area contributed by atoms with Crippen molar-refractivity contribution >= 4 is 27.9 Å². The van der Waals surface area contributed by atoms with Crippen molar-refractivity contribution in [3.63, 3.8) is 0 Å². The second-order valence-corrected chi connectivity index (χ2v) is 6.61. The van der Waals surface area contributed by atoms with E-state index in [1.54, 1.807) is 0 Å². The predicted octanol–water partition coefficient (Wildman–Crippen LogP) is 2.70. The summed E-state index contributed by atoms with van der Waals surface area (Å²) in [6.07, 6.45) is 1.05. The summed E-state index contributed by atoms with van der Waals surface area (Å²) in [7, 11) is 1.98. The monoisotopic (exact) mass is 299 g/mol. The Bertz CT molecular complexity index is 469. The highest BCUT2D eigenvalue weighted by molar-refractivity contribution is 7.19. The number of amides is 1. The first kappa shape index (κ1) is 16.6. The average molecular weight is 299 g/mol. The molecule has 5 nitrogen and oxygen atoms in total. The molecule has 1 heterocycles. The van der Waals surface area contributed by atoms with Gasteiger partial charge in [0.15, 0.2) is 5.75 Å². The summed E-state index contributed by atoms with van der Waals surface area (Å²) in [6, 6.07) is 0. The number of carbonyl (C=O) groups excluding carboxylic acids is 1. The van der Waals surface area contributed by atoms with Gasteiger partial charge >= 0.3 is 0 Å². The fourth-order valence-electron chi connectivity index (χ4n) is 1.75. The highest BCUT2D eigenvalue weighted by Crippen LogP contribution is 2.44. The number of rotatable bonds is 7. The van der Waals surface area contributed by atoms with Gasteiger partial charge in [-0.15, -0.1) is 11.3 Å². The fraction of sp³-hybridized carbons (Fsp3) is 0.643. The van der Waals surface area contributed by atoms with E-state index in [1.165, 1.54) is 11.3 Å². The minimum absolute atomic E-state index is 0.00937. The molecule has 0 aliphatic carbocycles. The second-order valence-electron chi connectivity index (χ2n) is 5.61. The number of hydrogen-bond acceptors (Lipinski definition) is 5. The van der Waals surface area contributed by atoms with Crippen molar-refractivity contribution in [2.45, 2.75) is 40.2 Å². The summed E-state index contributed by atoms with van der Waals surface area (Å²) in [5, 5.41) is 0.866. The van der Waals surface area contributed by atoms with Crippen molar-refractivity contribution in [2.24, 2.45) is 11.7 Å². The molecule has 1 aromatic heterocycles. The van der Waals surface area contributed by atoms with Gasteiger partial charge in [0.2, 0.25) is 0 Å². The average Bonchev–Trinajstić information content (AvgIpc) is 2.64. The van der Waals surface area contributed by atoms with Crippen LogP contribution in [0.2, 0.25) is 0 Å². The molecule has 4 N–H and O–H groups in total. The van der Waals surface area contributed by atoms with Crippen molar-refractivity contribution in [1.29, 1.82) is 0 Å². The van der Waals surface area contributed by atoms with Crippen molar-refractivity contribution < 1.29 is 9.53 Å². The molecule has 0 saturated carbocycles. The topological polar surface area (TPSA) is 81.6 Å². The molecule has 0 fully saturated rings. The van der Waals surface area contributed by atoms with Crippen LogP contribution >= 0.6 is 11.3 Å². The Hall–Kier alpha value is -1.43. The molecule has 0 radical (unpaired) electrons. The Balaban J connectivity index is 3.09. The minimum Gasteiger partial charge on any atom is -0.486 e. The van der Waals surface area contributed by atoms with Gasteiger partial charge in [-0.2, -0.15) is 0 Å². The molecule has 0 aromatic carbocycles. The SMILES string of the molecule is CC(C)CCN(C)c1sc(C(N)=O)c(N)c1OC(C)C. The van der Waals surface area contributed by atoms with Crippen LogP contribution in [0.25, 0.3) is 0 Å². The summed E-state index contributed by atoms with van der Waals surface area (Å²) >= 11 is 1.30. The molecule has 0 spiro atoms. The van der Waals surface area contributed by atoms with Crippen LogP contribution in [-0.2, 0) is 0 Å². The lowest BCUT2D eigenvalue weighted by molar-refractivity contribution is 0.100. The Morgan fingerprint density at radius 3 is 2.40 bits per heavy atom. The predicted molar refractivity (Wildman–Crippen MR) is 85.7 cm³/mol. The van der Waals surface area contributed by atoms with Crippen LogP contribution in [0.1, 0.15) is 43.8 Å².